The maximum atomic E-state index is 13.1. The largest absolute Gasteiger partial charge is 0.466 e. The van der Waals surface area contributed by atoms with Crippen LogP contribution in [-0.4, -0.2) is 56.7 Å². The van der Waals surface area contributed by atoms with Crippen LogP contribution in [-0.2, 0) is 16.6 Å². The van der Waals surface area contributed by atoms with Crippen molar-refractivity contribution in [3.63, 3.8) is 0 Å². The van der Waals surface area contributed by atoms with Gasteiger partial charge >= 0.3 is 12.0 Å². The van der Waals surface area contributed by atoms with Gasteiger partial charge in [0.1, 0.15) is 5.82 Å². The van der Waals surface area contributed by atoms with Crippen molar-refractivity contribution in [3.05, 3.63) is 24.3 Å². The van der Waals surface area contributed by atoms with Crippen LogP contribution < -0.4 is 5.32 Å². The normalized spacial score (nSPS) is 21.0. The molecule has 0 bridgehead atoms. The van der Waals surface area contributed by atoms with E-state index in [4.69, 9.17) is 9.72 Å². The molecule has 2 aliphatic rings. The van der Waals surface area contributed by atoms with Crippen LogP contribution in [0.5, 0.6) is 0 Å². The minimum absolute atomic E-state index is 0.0795. The van der Waals surface area contributed by atoms with E-state index < -0.39 is 5.54 Å². The smallest absolute Gasteiger partial charge is 0.317 e. The molecule has 1 atom stereocenters. The Kier molecular flexibility index (Phi) is 5.92. The van der Waals surface area contributed by atoms with Gasteiger partial charge in [-0.25, -0.2) is 9.78 Å². The van der Waals surface area contributed by atoms with Crippen LogP contribution >= 0.6 is 0 Å². The lowest BCUT2D eigenvalue weighted by Crippen LogP contribution is -2.55. The fourth-order valence-electron chi connectivity index (χ4n) is 4.94. The van der Waals surface area contributed by atoms with Gasteiger partial charge in [-0.15, -0.1) is 0 Å². The summed E-state index contributed by atoms with van der Waals surface area (Å²) in [5.74, 6) is 0.958. The Morgan fingerprint density at radius 2 is 2.10 bits per heavy atom. The second-order valence-electron chi connectivity index (χ2n) is 8.58. The summed E-state index contributed by atoms with van der Waals surface area (Å²) in [5.41, 5.74) is 1.45. The third kappa shape index (κ3) is 4.13. The van der Waals surface area contributed by atoms with Crippen LogP contribution in [0.25, 0.3) is 11.0 Å². The number of rotatable bonds is 5. The third-order valence-electron chi connectivity index (χ3n) is 6.53. The van der Waals surface area contributed by atoms with Gasteiger partial charge in [-0.1, -0.05) is 19.3 Å². The van der Waals surface area contributed by atoms with Crippen molar-refractivity contribution in [1.82, 2.24) is 24.8 Å². The number of esters is 1. The number of carbonyl (C=O) groups is 2. The molecule has 2 fully saturated rings. The Balaban J connectivity index is 1.44. The van der Waals surface area contributed by atoms with Gasteiger partial charge in [0.05, 0.1) is 35.8 Å². The quantitative estimate of drug-likeness (QED) is 0.761. The fraction of sp³-hybridized carbons (Fsp3) is 0.636. The Hall–Kier alpha value is -2.64. The first-order valence-electron chi connectivity index (χ1n) is 11.0. The minimum Gasteiger partial charge on any atom is -0.466 e. The van der Waals surface area contributed by atoms with E-state index in [1.165, 1.54) is 0 Å². The molecule has 8 heteroatoms. The van der Waals surface area contributed by atoms with E-state index in [-0.39, 0.29) is 24.3 Å². The van der Waals surface area contributed by atoms with Crippen LogP contribution in [0.2, 0.25) is 0 Å². The van der Waals surface area contributed by atoms with E-state index in [0.29, 0.717) is 19.7 Å². The molecule has 0 spiro atoms. The van der Waals surface area contributed by atoms with Gasteiger partial charge in [0, 0.05) is 32.3 Å². The molecular weight excluding hydrogens is 382 g/mol. The maximum Gasteiger partial charge on any atom is 0.317 e. The number of hydrogen-bond donors (Lipinski definition) is 1. The first kappa shape index (κ1) is 20.6. The standard InChI is InChI=1S/C22H31N5O3/c1-3-30-19(28)13-22(9-5-4-6-10-22)25-21(29)27-12-8-16(15-27)20-24-17-7-11-23-14-18(17)26(20)2/h7,11,14,16H,3-6,8-10,12-13,15H2,1-2H3,(H,25,29)/t16-/m0/s1. The summed E-state index contributed by atoms with van der Waals surface area (Å²) in [5, 5.41) is 3.23. The van der Waals surface area contributed by atoms with E-state index in [0.717, 1.165) is 55.4 Å². The second kappa shape index (κ2) is 8.62. The molecule has 1 saturated carbocycles. The number of carbonyl (C=O) groups excluding carboxylic acids is 2. The Bertz CT molecular complexity index is 919. The highest BCUT2D eigenvalue weighted by molar-refractivity contribution is 5.78. The molecule has 1 N–H and O–H groups in total. The fourth-order valence-corrected chi connectivity index (χ4v) is 4.94. The van der Waals surface area contributed by atoms with E-state index in [2.05, 4.69) is 14.9 Å². The number of aromatic nitrogens is 3. The van der Waals surface area contributed by atoms with Crippen LogP contribution in [0.4, 0.5) is 4.79 Å². The lowest BCUT2D eigenvalue weighted by molar-refractivity contribution is -0.145. The predicted molar refractivity (Wildman–Crippen MR) is 113 cm³/mol. The first-order valence-corrected chi connectivity index (χ1v) is 11.0. The second-order valence-corrected chi connectivity index (χ2v) is 8.58. The Morgan fingerprint density at radius 3 is 2.83 bits per heavy atom. The number of fused-ring (bicyclic) bond motifs is 1. The van der Waals surface area contributed by atoms with Crippen molar-refractivity contribution in [1.29, 1.82) is 0 Å². The van der Waals surface area contributed by atoms with E-state index in [9.17, 15) is 9.59 Å². The maximum absolute atomic E-state index is 13.1. The van der Waals surface area contributed by atoms with Gasteiger partial charge in [0.15, 0.2) is 0 Å². The molecule has 2 aromatic heterocycles. The number of imidazole rings is 1. The van der Waals surface area contributed by atoms with Crippen molar-refractivity contribution in [2.45, 2.75) is 63.3 Å². The summed E-state index contributed by atoms with van der Waals surface area (Å²) >= 11 is 0. The Morgan fingerprint density at radius 1 is 1.30 bits per heavy atom. The van der Waals surface area contributed by atoms with E-state index in [1.807, 2.05) is 31.1 Å². The average Bonchev–Trinajstić information content (AvgIpc) is 3.34. The number of ether oxygens (including phenoxy) is 1. The summed E-state index contributed by atoms with van der Waals surface area (Å²) in [4.78, 5) is 36.1. The van der Waals surface area contributed by atoms with Gasteiger partial charge < -0.3 is 19.5 Å². The number of urea groups is 1. The molecule has 0 aromatic carbocycles. The van der Waals surface area contributed by atoms with Gasteiger partial charge in [0.25, 0.3) is 0 Å². The van der Waals surface area contributed by atoms with Crippen LogP contribution in [0.15, 0.2) is 18.5 Å². The average molecular weight is 414 g/mol. The number of nitrogens with one attached hydrogen (secondary N) is 1. The highest BCUT2D eigenvalue weighted by Gasteiger charge is 2.39. The van der Waals surface area contributed by atoms with Crippen LogP contribution in [0, 0.1) is 0 Å². The molecule has 2 amide bonds. The van der Waals surface area contributed by atoms with Crippen molar-refractivity contribution in [2.75, 3.05) is 19.7 Å². The monoisotopic (exact) mass is 413 g/mol. The van der Waals surface area contributed by atoms with Crippen molar-refractivity contribution >= 4 is 23.0 Å². The summed E-state index contributed by atoms with van der Waals surface area (Å²) in [6.07, 6.45) is 9.55. The number of amides is 2. The molecule has 4 rings (SSSR count). The van der Waals surface area contributed by atoms with Crippen LogP contribution in [0.3, 0.4) is 0 Å². The van der Waals surface area contributed by atoms with Crippen molar-refractivity contribution in [2.24, 2.45) is 7.05 Å². The number of aryl methyl sites for hydroxylation is 1. The molecule has 1 aliphatic carbocycles. The SMILES string of the molecule is CCOC(=O)CC1(NC(=O)N2CC[C@H](c3nc4ccncc4n3C)C2)CCCCC1. The summed E-state index contributed by atoms with van der Waals surface area (Å²) in [6, 6.07) is 1.84. The molecule has 162 valence electrons. The minimum atomic E-state index is -0.483. The zero-order valence-electron chi connectivity index (χ0n) is 17.9. The van der Waals surface area contributed by atoms with Gasteiger partial charge in [-0.3, -0.25) is 9.78 Å². The molecule has 1 saturated heterocycles. The summed E-state index contributed by atoms with van der Waals surface area (Å²) < 4.78 is 7.25. The lowest BCUT2D eigenvalue weighted by Gasteiger charge is -2.38. The van der Waals surface area contributed by atoms with Crippen molar-refractivity contribution in [3.8, 4) is 0 Å². The highest BCUT2D eigenvalue weighted by Crippen LogP contribution is 2.33. The van der Waals surface area contributed by atoms with Gasteiger partial charge in [-0.05, 0) is 32.3 Å². The molecule has 1 aliphatic heterocycles. The Labute approximate surface area is 177 Å². The molecule has 3 heterocycles. The predicted octanol–water partition coefficient (Wildman–Crippen LogP) is 3.12. The van der Waals surface area contributed by atoms with E-state index in [1.54, 1.807) is 6.20 Å². The van der Waals surface area contributed by atoms with Crippen LogP contribution in [0.1, 0.15) is 63.6 Å². The van der Waals surface area contributed by atoms with Gasteiger partial charge in [-0.2, -0.15) is 0 Å². The lowest BCUT2D eigenvalue weighted by atomic mass is 9.79. The number of nitrogens with zero attached hydrogens (tertiary/aromatic N) is 4. The topological polar surface area (TPSA) is 89.3 Å². The first-order chi connectivity index (χ1) is 14.5. The summed E-state index contributed by atoms with van der Waals surface area (Å²) in [7, 11) is 2.01. The van der Waals surface area contributed by atoms with E-state index >= 15 is 0 Å². The molecule has 30 heavy (non-hydrogen) atoms. The zero-order valence-corrected chi connectivity index (χ0v) is 17.9. The molecular formula is C22H31N5O3. The summed E-state index contributed by atoms with van der Waals surface area (Å²) in [6.45, 7) is 3.50. The third-order valence-corrected chi connectivity index (χ3v) is 6.53. The number of pyridine rings is 1. The molecule has 0 radical (unpaired) electrons. The number of hydrogen-bond acceptors (Lipinski definition) is 5. The highest BCUT2D eigenvalue weighted by atomic mass is 16.5. The zero-order chi connectivity index (χ0) is 21.1. The molecule has 0 unspecified atom stereocenters. The number of likely N-dealkylation sites (tertiary alicyclic amines) is 1. The molecule has 2 aromatic rings. The van der Waals surface area contributed by atoms with Gasteiger partial charge in [0.2, 0.25) is 0 Å². The molecule has 8 nitrogen and oxygen atoms in total. The van der Waals surface area contributed by atoms with Crippen molar-refractivity contribution < 1.29 is 14.3 Å².